The second kappa shape index (κ2) is 56.3. The lowest BCUT2D eigenvalue weighted by atomic mass is 10.1. The highest BCUT2D eigenvalue weighted by atomic mass is 20.0. The molecule has 0 radical (unpaired) electrons. The minimum Gasteiger partial charge on any atom is -0.203 e. The molecule has 0 amide bonds. The predicted molar refractivity (Wildman–Crippen MR) is 53.5 cm³/mol. The second-order valence-electron chi connectivity index (χ2n) is 2.51. The van der Waals surface area contributed by atoms with Gasteiger partial charge in [0, 0.05) is 73.2 Å². The van der Waals surface area contributed by atoms with Crippen LogP contribution >= 0.6 is 0 Å². The maximum absolute atomic E-state index is 12.7. The molecule has 178 valence electrons. The van der Waals surface area contributed by atoms with Crippen LogP contribution in [-0.2, 0) is 0 Å². The van der Waals surface area contributed by atoms with Crippen molar-refractivity contribution in [2.75, 3.05) is 0 Å². The molecule has 20 heteroatoms. The van der Waals surface area contributed by atoms with Crippen LogP contribution in [0.1, 0.15) is 11.1 Å². The van der Waals surface area contributed by atoms with Crippen LogP contribution in [0, 0.1) is 37.1 Å². The maximum atomic E-state index is 12.7. The fourth-order valence-corrected chi connectivity index (χ4v) is 0.851. The molecule has 0 aromatic heterocycles. The number of benzene rings is 1. The Hall–Kier alpha value is -2.18. The van der Waals surface area contributed by atoms with Gasteiger partial charge in [-0.1, -0.05) is 0 Å². The van der Waals surface area contributed by atoms with Crippen molar-refractivity contribution in [3.8, 4) is 0 Å². The van der Waals surface area contributed by atoms with Crippen LogP contribution in [0.2, 0.25) is 0 Å². The van der Waals surface area contributed by atoms with Gasteiger partial charge >= 0.3 is 0 Å². The second-order valence-corrected chi connectivity index (χ2v) is 2.51. The summed E-state index contributed by atoms with van der Waals surface area (Å²) >= 11 is 0. The fraction of sp³-hybridized carbons (Fsp3) is 0.250. The first kappa shape index (κ1) is 50.1. The molecule has 0 aliphatic carbocycles. The largest absolute Gasteiger partial charge is 0.203 e. The molecule has 1 aromatic carbocycles. The van der Waals surface area contributed by atoms with Crippen LogP contribution in [0.15, 0.2) is 0 Å². The predicted octanol–water partition coefficient (Wildman–Crippen LogP) is 9.58. The molecule has 0 spiro atoms. The molecule has 0 saturated heterocycles. The van der Waals surface area contributed by atoms with Crippen LogP contribution in [0.3, 0.4) is 0 Å². The van der Waals surface area contributed by atoms with E-state index in [0.29, 0.717) is 0 Å². The van der Waals surface area contributed by atoms with Crippen molar-refractivity contribution in [2.45, 2.75) is 13.8 Å². The topological polar surface area (TPSA) is 0 Å². The molecule has 0 fully saturated rings. The molecule has 0 nitrogen and oxygen atoms in total. The van der Waals surface area contributed by atoms with Gasteiger partial charge in [0.15, 0.2) is 23.3 Å². The van der Waals surface area contributed by atoms with Gasteiger partial charge in [-0.2, -0.15) is 0 Å². The van der Waals surface area contributed by atoms with Gasteiger partial charge in [0.25, 0.3) is 0 Å². The number of hydrogen-bond donors (Lipinski definition) is 0. The van der Waals surface area contributed by atoms with Gasteiger partial charge in [0.2, 0.25) is 0 Å². The highest BCUT2D eigenvalue weighted by Gasteiger charge is 2.19. The van der Waals surface area contributed by atoms with E-state index in [9.17, 15) is 17.6 Å². The zero-order valence-electron chi connectivity index (χ0n) is 12.6. The summed E-state index contributed by atoms with van der Waals surface area (Å²) in [5, 5.41) is 0. The molecule has 0 aliphatic heterocycles. The van der Waals surface area contributed by atoms with Gasteiger partial charge in [-0.15, -0.1) is 0 Å². The highest BCUT2D eigenvalue weighted by Crippen LogP contribution is 2.22. The van der Waals surface area contributed by atoms with Crippen molar-refractivity contribution in [3.05, 3.63) is 34.4 Å². The molecule has 0 atom stereocenters. The smallest absolute Gasteiger partial charge is 0.197 e. The summed E-state index contributed by atoms with van der Waals surface area (Å²) in [4.78, 5) is 0. The minimum absolute atomic E-state index is 0.202. The lowest BCUT2D eigenvalue weighted by molar-refractivity contribution is 0.108. The van der Waals surface area contributed by atoms with Crippen LogP contribution in [0.4, 0.5) is 90.7 Å². The zero-order chi connectivity index (χ0) is 25.5. The van der Waals surface area contributed by atoms with Crippen molar-refractivity contribution in [3.63, 3.8) is 0 Å². The first-order valence-electron chi connectivity index (χ1n) is 4.40. The van der Waals surface area contributed by atoms with Crippen LogP contribution in [0.5, 0.6) is 0 Å². The SMILES string of the molecule is Cc1c(C)c(F)c(F)c(F)c1F.FF.FF.FF.FF.FF.FF.FF.FF. The minimum atomic E-state index is -1.75. The Kier molecular flexibility index (Phi) is 101. The van der Waals surface area contributed by atoms with Crippen molar-refractivity contribution < 1.29 is 90.7 Å². The van der Waals surface area contributed by atoms with E-state index in [4.69, 9.17) is 73.2 Å². The molecule has 0 N–H and O–H groups in total. The fourth-order valence-electron chi connectivity index (χ4n) is 0.851. The standard InChI is InChI=1S/C8H6F4.8F2/c1-3-4(2)6(10)8(12)7(11)5(3)9;8*1-2/h1-2H3;;;;;;;;. The Morgan fingerprint density at radius 2 is 0.393 bits per heavy atom. The van der Waals surface area contributed by atoms with E-state index in [1.807, 2.05) is 0 Å². The number of halogens is 20. The molecule has 1 aromatic rings. The molecule has 28 heavy (non-hydrogen) atoms. The molecule has 0 heterocycles. The Bertz CT molecular complexity index is 238. The molecular formula is C8H6F20. The summed E-state index contributed by atoms with van der Waals surface area (Å²) in [5.74, 6) is -6.16. The molecular weight excluding hydrogens is 476 g/mol. The van der Waals surface area contributed by atoms with Crippen LogP contribution in [-0.4, -0.2) is 0 Å². The molecule has 0 aliphatic rings. The van der Waals surface area contributed by atoms with Crippen molar-refractivity contribution in [1.29, 1.82) is 0 Å². The average Bonchev–Trinajstić information content (AvgIpc) is 2.85. The molecule has 0 unspecified atom stereocenters. The Labute approximate surface area is 140 Å². The lowest BCUT2D eigenvalue weighted by Gasteiger charge is -2.05. The van der Waals surface area contributed by atoms with Crippen molar-refractivity contribution in [1.82, 2.24) is 0 Å². The summed E-state index contributed by atoms with van der Waals surface area (Å²) in [6.45, 7) is 2.38. The van der Waals surface area contributed by atoms with Crippen LogP contribution in [0.25, 0.3) is 0 Å². The quantitative estimate of drug-likeness (QED) is 0.196. The lowest BCUT2D eigenvalue weighted by Crippen LogP contribution is -2.02. The average molecular weight is 482 g/mol. The van der Waals surface area contributed by atoms with E-state index in [1.54, 1.807) is 0 Å². The monoisotopic (exact) mass is 482 g/mol. The summed E-state index contributed by atoms with van der Waals surface area (Å²) in [5.41, 5.74) is -0.405. The van der Waals surface area contributed by atoms with E-state index >= 15 is 0 Å². The molecule has 0 saturated carbocycles. The summed E-state index contributed by atoms with van der Waals surface area (Å²) in [7, 11) is 0. The third-order valence-corrected chi connectivity index (χ3v) is 1.80. The van der Waals surface area contributed by atoms with E-state index in [1.165, 1.54) is 13.8 Å². The van der Waals surface area contributed by atoms with Gasteiger partial charge in [-0.25, -0.2) is 17.6 Å². The van der Waals surface area contributed by atoms with Gasteiger partial charge in [-0.05, 0) is 25.0 Å². The van der Waals surface area contributed by atoms with Crippen molar-refractivity contribution in [2.24, 2.45) is 0 Å². The van der Waals surface area contributed by atoms with Gasteiger partial charge in [0.1, 0.15) is 0 Å². The Balaban J connectivity index is -0.0000000353. The van der Waals surface area contributed by atoms with Gasteiger partial charge in [0.05, 0.1) is 0 Å². The van der Waals surface area contributed by atoms with Gasteiger partial charge < -0.3 is 0 Å². The third-order valence-electron chi connectivity index (χ3n) is 1.80. The Morgan fingerprint density at radius 1 is 0.286 bits per heavy atom. The highest BCUT2D eigenvalue weighted by molar-refractivity contribution is 5.29. The summed E-state index contributed by atoms with van der Waals surface area (Å²) in [6.07, 6.45) is 0. The molecule has 1 rings (SSSR count). The number of hydrogen-bond acceptors (Lipinski definition) is 0. The third kappa shape index (κ3) is 26.1. The van der Waals surface area contributed by atoms with E-state index in [0.717, 1.165) is 0 Å². The van der Waals surface area contributed by atoms with E-state index < -0.39 is 23.3 Å². The Morgan fingerprint density at radius 3 is 0.500 bits per heavy atom. The zero-order valence-corrected chi connectivity index (χ0v) is 12.6. The van der Waals surface area contributed by atoms with Crippen LogP contribution < -0.4 is 0 Å². The van der Waals surface area contributed by atoms with Crippen molar-refractivity contribution >= 4 is 0 Å². The van der Waals surface area contributed by atoms with E-state index in [-0.39, 0.29) is 11.1 Å². The van der Waals surface area contributed by atoms with E-state index in [2.05, 4.69) is 0 Å². The number of rotatable bonds is 0. The van der Waals surface area contributed by atoms with Gasteiger partial charge in [-0.3, -0.25) is 0 Å². The first-order valence-corrected chi connectivity index (χ1v) is 4.40. The summed E-state index contributed by atoms with van der Waals surface area (Å²) in [6, 6.07) is 0. The first-order chi connectivity index (χ1) is 13.5. The normalized spacial score (nSPS) is 6.21. The summed E-state index contributed by atoms with van der Waals surface area (Å²) < 4.78 is 178. The molecule has 0 bridgehead atoms. The maximum Gasteiger partial charge on any atom is 0.197 e.